The van der Waals surface area contributed by atoms with Crippen molar-refractivity contribution in [3.63, 3.8) is 0 Å². The van der Waals surface area contributed by atoms with Gasteiger partial charge in [-0.2, -0.15) is 0 Å². The van der Waals surface area contributed by atoms with E-state index in [1.807, 2.05) is 7.05 Å². The number of carbonyl (C=O) groups is 1. The highest BCUT2D eigenvalue weighted by molar-refractivity contribution is 7.89. The van der Waals surface area contributed by atoms with Crippen molar-refractivity contribution >= 4 is 28.2 Å². The molecule has 0 unspecified atom stereocenters. The molecule has 1 saturated heterocycles. The van der Waals surface area contributed by atoms with Gasteiger partial charge in [-0.3, -0.25) is 4.79 Å². The SMILES string of the molecule is CC(=O)c1ccc(S(=O)(=O)NC2CCN(C)CC2)cc1.Cl. The van der Waals surface area contributed by atoms with Crippen molar-refractivity contribution in [1.82, 2.24) is 9.62 Å². The van der Waals surface area contributed by atoms with Gasteiger partial charge in [-0.25, -0.2) is 13.1 Å². The van der Waals surface area contributed by atoms with Crippen molar-refractivity contribution < 1.29 is 13.2 Å². The Kier molecular flexibility index (Phi) is 6.34. The molecule has 118 valence electrons. The molecule has 1 N–H and O–H groups in total. The topological polar surface area (TPSA) is 66.5 Å². The first-order valence-electron chi connectivity index (χ1n) is 6.70. The lowest BCUT2D eigenvalue weighted by Crippen LogP contribution is -2.43. The number of nitrogens with zero attached hydrogens (tertiary/aromatic N) is 1. The summed E-state index contributed by atoms with van der Waals surface area (Å²) in [5.41, 5.74) is 0.517. The van der Waals surface area contributed by atoms with Gasteiger partial charge in [0.25, 0.3) is 0 Å². The number of sulfonamides is 1. The number of piperidine rings is 1. The molecule has 0 saturated carbocycles. The van der Waals surface area contributed by atoms with Crippen molar-refractivity contribution in [2.24, 2.45) is 0 Å². The van der Waals surface area contributed by atoms with Crippen LogP contribution in [0, 0.1) is 0 Å². The number of benzene rings is 1. The van der Waals surface area contributed by atoms with Crippen LogP contribution in [0.3, 0.4) is 0 Å². The van der Waals surface area contributed by atoms with E-state index in [9.17, 15) is 13.2 Å². The summed E-state index contributed by atoms with van der Waals surface area (Å²) in [6.07, 6.45) is 1.64. The minimum absolute atomic E-state index is 0. The van der Waals surface area contributed by atoms with E-state index >= 15 is 0 Å². The molecule has 1 aromatic rings. The van der Waals surface area contributed by atoms with E-state index in [0.29, 0.717) is 5.56 Å². The Balaban J connectivity index is 0.00000220. The number of halogens is 1. The first-order valence-corrected chi connectivity index (χ1v) is 8.19. The van der Waals surface area contributed by atoms with E-state index in [-0.39, 0.29) is 29.1 Å². The molecule has 21 heavy (non-hydrogen) atoms. The number of likely N-dealkylation sites (tertiary alicyclic amines) is 1. The molecule has 0 atom stereocenters. The highest BCUT2D eigenvalue weighted by Gasteiger charge is 2.23. The van der Waals surface area contributed by atoms with Crippen LogP contribution in [0.25, 0.3) is 0 Å². The van der Waals surface area contributed by atoms with E-state index < -0.39 is 10.0 Å². The van der Waals surface area contributed by atoms with Gasteiger partial charge in [0, 0.05) is 11.6 Å². The molecule has 0 bridgehead atoms. The smallest absolute Gasteiger partial charge is 0.240 e. The zero-order valence-corrected chi connectivity index (χ0v) is 13.8. The summed E-state index contributed by atoms with van der Waals surface area (Å²) in [6.45, 7) is 3.26. The molecule has 1 heterocycles. The number of Topliss-reactive ketones (excluding diaryl/α,β-unsaturated/α-hetero) is 1. The summed E-state index contributed by atoms with van der Waals surface area (Å²) in [6, 6.07) is 6.04. The fourth-order valence-corrected chi connectivity index (χ4v) is 3.59. The fraction of sp³-hybridized carbons (Fsp3) is 0.500. The first-order chi connectivity index (χ1) is 9.38. The highest BCUT2D eigenvalue weighted by Crippen LogP contribution is 2.15. The molecular weight excluding hydrogens is 312 g/mol. The molecule has 2 rings (SSSR count). The number of rotatable bonds is 4. The van der Waals surface area contributed by atoms with Crippen LogP contribution in [0.15, 0.2) is 29.2 Å². The third kappa shape index (κ3) is 4.78. The van der Waals surface area contributed by atoms with Gasteiger partial charge in [0.1, 0.15) is 0 Å². The van der Waals surface area contributed by atoms with Crippen LogP contribution in [-0.4, -0.2) is 45.3 Å². The van der Waals surface area contributed by atoms with Gasteiger partial charge in [-0.05, 0) is 52.0 Å². The Hall–Kier alpha value is -0.950. The van der Waals surface area contributed by atoms with Crippen molar-refractivity contribution in [2.75, 3.05) is 20.1 Å². The van der Waals surface area contributed by atoms with E-state index in [1.54, 1.807) is 12.1 Å². The molecule has 0 aliphatic carbocycles. The monoisotopic (exact) mass is 332 g/mol. The molecule has 0 spiro atoms. The third-order valence-corrected chi connectivity index (χ3v) is 5.15. The first kappa shape index (κ1) is 18.1. The Morgan fingerprint density at radius 1 is 1.19 bits per heavy atom. The van der Waals surface area contributed by atoms with Gasteiger partial charge in [0.15, 0.2) is 5.78 Å². The maximum absolute atomic E-state index is 12.3. The van der Waals surface area contributed by atoms with Gasteiger partial charge in [0.2, 0.25) is 10.0 Å². The normalized spacial score (nSPS) is 17.2. The largest absolute Gasteiger partial charge is 0.306 e. The zero-order chi connectivity index (χ0) is 14.8. The lowest BCUT2D eigenvalue weighted by Gasteiger charge is -2.29. The maximum Gasteiger partial charge on any atom is 0.240 e. The van der Waals surface area contributed by atoms with Crippen molar-refractivity contribution in [2.45, 2.75) is 30.7 Å². The summed E-state index contributed by atoms with van der Waals surface area (Å²) >= 11 is 0. The number of hydrogen-bond acceptors (Lipinski definition) is 4. The molecule has 1 aliphatic heterocycles. The van der Waals surface area contributed by atoms with Gasteiger partial charge in [0.05, 0.1) is 4.90 Å². The summed E-state index contributed by atoms with van der Waals surface area (Å²) in [5.74, 6) is -0.0720. The Morgan fingerprint density at radius 3 is 2.19 bits per heavy atom. The van der Waals surface area contributed by atoms with Crippen molar-refractivity contribution in [3.05, 3.63) is 29.8 Å². The van der Waals surface area contributed by atoms with Crippen LogP contribution in [0.1, 0.15) is 30.1 Å². The average Bonchev–Trinajstić information content (AvgIpc) is 2.41. The molecule has 0 amide bonds. The number of hydrogen-bond donors (Lipinski definition) is 1. The van der Waals surface area contributed by atoms with E-state index in [0.717, 1.165) is 25.9 Å². The van der Waals surface area contributed by atoms with Crippen LogP contribution in [0.5, 0.6) is 0 Å². The number of carbonyl (C=O) groups excluding carboxylic acids is 1. The molecule has 1 aromatic carbocycles. The zero-order valence-electron chi connectivity index (χ0n) is 12.2. The van der Waals surface area contributed by atoms with Crippen LogP contribution >= 0.6 is 12.4 Å². The van der Waals surface area contributed by atoms with Crippen molar-refractivity contribution in [1.29, 1.82) is 0 Å². The van der Waals surface area contributed by atoms with Gasteiger partial charge >= 0.3 is 0 Å². The second-order valence-corrected chi connectivity index (χ2v) is 6.99. The Labute approximate surface area is 132 Å². The molecule has 1 fully saturated rings. The van der Waals surface area contributed by atoms with E-state index in [4.69, 9.17) is 0 Å². The molecule has 0 radical (unpaired) electrons. The fourth-order valence-electron chi connectivity index (χ4n) is 2.28. The van der Waals surface area contributed by atoms with Crippen LogP contribution in [0.4, 0.5) is 0 Å². The van der Waals surface area contributed by atoms with Crippen LogP contribution in [-0.2, 0) is 10.0 Å². The Bertz CT molecular complexity index is 579. The lowest BCUT2D eigenvalue weighted by atomic mass is 10.1. The number of nitrogens with one attached hydrogen (secondary N) is 1. The van der Waals surface area contributed by atoms with Gasteiger partial charge in [-0.15, -0.1) is 12.4 Å². The lowest BCUT2D eigenvalue weighted by molar-refractivity contribution is 0.101. The molecule has 5 nitrogen and oxygen atoms in total. The minimum Gasteiger partial charge on any atom is -0.306 e. The third-order valence-electron chi connectivity index (χ3n) is 3.61. The summed E-state index contributed by atoms with van der Waals surface area (Å²) in [5, 5.41) is 0. The maximum atomic E-state index is 12.3. The number of ketones is 1. The minimum atomic E-state index is -3.50. The standard InChI is InChI=1S/C14H20N2O3S.ClH/c1-11(17)12-3-5-14(6-4-12)20(18,19)15-13-7-9-16(2)10-8-13;/h3-6,13,15H,7-10H2,1-2H3;1H. The second-order valence-electron chi connectivity index (χ2n) is 5.28. The molecule has 0 aromatic heterocycles. The average molecular weight is 333 g/mol. The van der Waals surface area contributed by atoms with Crippen LogP contribution < -0.4 is 4.72 Å². The second kappa shape index (κ2) is 7.35. The van der Waals surface area contributed by atoms with Gasteiger partial charge in [-0.1, -0.05) is 12.1 Å². The summed E-state index contributed by atoms with van der Waals surface area (Å²) < 4.78 is 27.2. The predicted molar refractivity (Wildman–Crippen MR) is 84.5 cm³/mol. The van der Waals surface area contributed by atoms with E-state index in [2.05, 4.69) is 9.62 Å². The molecule has 7 heteroatoms. The van der Waals surface area contributed by atoms with Gasteiger partial charge < -0.3 is 4.90 Å². The Morgan fingerprint density at radius 2 is 1.71 bits per heavy atom. The van der Waals surface area contributed by atoms with Crippen molar-refractivity contribution in [3.8, 4) is 0 Å². The quantitative estimate of drug-likeness (QED) is 0.852. The molecular formula is C14H21ClN2O3S. The summed E-state index contributed by atoms with van der Waals surface area (Å²) in [4.78, 5) is 13.6. The van der Waals surface area contributed by atoms with Crippen LogP contribution in [0.2, 0.25) is 0 Å². The summed E-state index contributed by atoms with van der Waals surface area (Å²) in [7, 11) is -1.47. The molecule has 1 aliphatic rings. The highest BCUT2D eigenvalue weighted by atomic mass is 35.5. The predicted octanol–water partition coefficient (Wildman–Crippen LogP) is 1.68. The van der Waals surface area contributed by atoms with E-state index in [1.165, 1.54) is 19.1 Å².